The fourth-order valence-electron chi connectivity index (χ4n) is 1.13. The maximum Gasteiger partial charge on any atom is 0.392 e. The van der Waals surface area contributed by atoms with E-state index in [9.17, 15) is 4.79 Å². The van der Waals surface area contributed by atoms with Gasteiger partial charge in [0.05, 0.1) is 6.20 Å². The molecule has 76 valence electrons. The molecule has 0 bridgehead atoms. The van der Waals surface area contributed by atoms with E-state index in [4.69, 9.17) is 14.6 Å². The second kappa shape index (κ2) is 3.45. The van der Waals surface area contributed by atoms with Crippen molar-refractivity contribution in [1.82, 2.24) is 4.98 Å². The van der Waals surface area contributed by atoms with E-state index in [0.29, 0.717) is 11.3 Å². The molecule has 0 amide bonds. The Labute approximate surface area is 84.6 Å². The minimum absolute atomic E-state index is 0.136. The molecule has 0 radical (unpaired) electrons. The molecule has 0 fully saturated rings. The summed E-state index contributed by atoms with van der Waals surface area (Å²) in [7, 11) is 0. The summed E-state index contributed by atoms with van der Waals surface area (Å²) in [5, 5.41) is 17.6. The maximum atomic E-state index is 10.5. The minimum atomic E-state index is -1.21. The van der Waals surface area contributed by atoms with E-state index in [2.05, 4.69) is 4.98 Å². The van der Waals surface area contributed by atoms with Gasteiger partial charge in [-0.25, -0.2) is 9.78 Å². The van der Waals surface area contributed by atoms with Crippen molar-refractivity contribution in [1.29, 1.82) is 0 Å². The van der Waals surface area contributed by atoms with Gasteiger partial charge in [-0.1, -0.05) is 0 Å². The zero-order chi connectivity index (χ0) is 10.8. The third-order valence-electron chi connectivity index (χ3n) is 1.84. The molecule has 2 rings (SSSR count). The van der Waals surface area contributed by atoms with E-state index in [1.165, 1.54) is 18.3 Å². The predicted octanol–water partition coefficient (Wildman–Crippen LogP) is 1.75. The monoisotopic (exact) mass is 205 g/mol. The van der Waals surface area contributed by atoms with Crippen LogP contribution in [0.2, 0.25) is 0 Å². The van der Waals surface area contributed by atoms with Gasteiger partial charge in [-0.3, -0.25) is 0 Å². The number of rotatable bonds is 2. The highest BCUT2D eigenvalue weighted by atomic mass is 16.4. The van der Waals surface area contributed by atoms with Crippen molar-refractivity contribution in [3.05, 3.63) is 36.4 Å². The molecule has 0 spiro atoms. The predicted molar refractivity (Wildman–Crippen MR) is 50.6 cm³/mol. The maximum absolute atomic E-state index is 10.5. The number of benzene rings is 1. The number of aromatic nitrogens is 1. The van der Waals surface area contributed by atoms with E-state index in [1.807, 2.05) is 0 Å². The number of phenolic OH excluding ortho intramolecular Hbond substituents is 1. The van der Waals surface area contributed by atoms with Crippen LogP contribution >= 0.6 is 0 Å². The van der Waals surface area contributed by atoms with Gasteiger partial charge < -0.3 is 14.6 Å². The number of phenols is 1. The molecule has 0 aliphatic carbocycles. The molecule has 0 aliphatic heterocycles. The van der Waals surface area contributed by atoms with E-state index >= 15 is 0 Å². The van der Waals surface area contributed by atoms with Crippen molar-refractivity contribution in [2.24, 2.45) is 0 Å². The average molecular weight is 205 g/mol. The minimum Gasteiger partial charge on any atom is -0.508 e. The lowest BCUT2D eigenvalue weighted by atomic mass is 10.2. The summed E-state index contributed by atoms with van der Waals surface area (Å²) < 4.78 is 4.98. The van der Waals surface area contributed by atoms with Crippen LogP contribution in [-0.4, -0.2) is 21.2 Å². The number of hydrogen-bond acceptors (Lipinski definition) is 4. The summed E-state index contributed by atoms with van der Waals surface area (Å²) in [6.07, 6.45) is 1.33. The van der Waals surface area contributed by atoms with Gasteiger partial charge in [-0.2, -0.15) is 0 Å². The van der Waals surface area contributed by atoms with Gasteiger partial charge >= 0.3 is 11.9 Å². The van der Waals surface area contributed by atoms with E-state index in [0.717, 1.165) is 0 Å². The Morgan fingerprint density at radius 2 is 1.93 bits per heavy atom. The zero-order valence-corrected chi connectivity index (χ0v) is 7.54. The number of hydrogen-bond donors (Lipinski definition) is 2. The third-order valence-corrected chi connectivity index (χ3v) is 1.84. The molecule has 1 aromatic carbocycles. The van der Waals surface area contributed by atoms with E-state index in [1.54, 1.807) is 12.1 Å². The number of carboxylic acid groups (broad SMARTS) is 1. The molecule has 1 aromatic heterocycles. The quantitative estimate of drug-likeness (QED) is 0.780. The summed E-state index contributed by atoms with van der Waals surface area (Å²) >= 11 is 0. The Kier molecular flexibility index (Phi) is 2.13. The van der Waals surface area contributed by atoms with Crippen LogP contribution in [0, 0.1) is 0 Å². The SMILES string of the molecule is O=C(O)c1ncc(-c2ccc(O)cc2)o1. The van der Waals surface area contributed by atoms with Gasteiger partial charge in [0.15, 0.2) is 5.76 Å². The number of oxazole rings is 1. The summed E-state index contributed by atoms with van der Waals surface area (Å²) in [5.74, 6) is -1.07. The standard InChI is InChI=1S/C10H7NO4/c12-7-3-1-6(2-4-7)8-5-11-9(15-8)10(13)14/h1-5,12H,(H,13,14). The highest BCUT2D eigenvalue weighted by molar-refractivity contribution is 5.82. The van der Waals surface area contributed by atoms with Crippen LogP contribution in [0.1, 0.15) is 10.7 Å². The second-order valence-electron chi connectivity index (χ2n) is 2.88. The van der Waals surface area contributed by atoms with Crippen molar-refractivity contribution in [2.75, 3.05) is 0 Å². The molecule has 2 N–H and O–H groups in total. The molecular formula is C10H7NO4. The van der Waals surface area contributed by atoms with Crippen molar-refractivity contribution in [3.63, 3.8) is 0 Å². The molecule has 2 aromatic rings. The molecule has 1 heterocycles. The van der Waals surface area contributed by atoms with Crippen LogP contribution in [0.25, 0.3) is 11.3 Å². The lowest BCUT2D eigenvalue weighted by molar-refractivity contribution is 0.0654. The largest absolute Gasteiger partial charge is 0.508 e. The van der Waals surface area contributed by atoms with E-state index < -0.39 is 5.97 Å². The molecule has 5 nitrogen and oxygen atoms in total. The highest BCUT2D eigenvalue weighted by Gasteiger charge is 2.11. The number of aromatic hydroxyl groups is 1. The molecule has 0 aliphatic rings. The zero-order valence-electron chi connectivity index (χ0n) is 7.54. The van der Waals surface area contributed by atoms with Crippen LogP contribution in [0.15, 0.2) is 34.9 Å². The van der Waals surface area contributed by atoms with Crippen molar-refractivity contribution >= 4 is 5.97 Å². The Balaban J connectivity index is 2.37. The van der Waals surface area contributed by atoms with Crippen LogP contribution < -0.4 is 0 Å². The lowest BCUT2D eigenvalue weighted by Gasteiger charge is -1.95. The molecule has 15 heavy (non-hydrogen) atoms. The first-order valence-electron chi connectivity index (χ1n) is 4.15. The highest BCUT2D eigenvalue weighted by Crippen LogP contribution is 2.22. The van der Waals surface area contributed by atoms with Crippen LogP contribution in [0.3, 0.4) is 0 Å². The number of nitrogens with zero attached hydrogens (tertiary/aromatic N) is 1. The van der Waals surface area contributed by atoms with Gasteiger partial charge in [0.25, 0.3) is 0 Å². The Hall–Kier alpha value is -2.30. The van der Waals surface area contributed by atoms with Gasteiger partial charge in [-0.05, 0) is 24.3 Å². The van der Waals surface area contributed by atoms with Gasteiger partial charge in [0.2, 0.25) is 0 Å². The Morgan fingerprint density at radius 1 is 1.27 bits per heavy atom. The molecular weight excluding hydrogens is 198 g/mol. The topological polar surface area (TPSA) is 83.6 Å². The van der Waals surface area contributed by atoms with Crippen molar-refractivity contribution in [2.45, 2.75) is 0 Å². The normalized spacial score (nSPS) is 10.1. The second-order valence-corrected chi connectivity index (χ2v) is 2.88. The molecule has 0 unspecified atom stereocenters. The third kappa shape index (κ3) is 1.80. The number of aromatic carboxylic acids is 1. The van der Waals surface area contributed by atoms with Crippen LogP contribution in [0.4, 0.5) is 0 Å². The molecule has 0 saturated carbocycles. The first-order valence-corrected chi connectivity index (χ1v) is 4.15. The summed E-state index contributed by atoms with van der Waals surface area (Å²) in [6, 6.07) is 6.19. The summed E-state index contributed by atoms with van der Waals surface area (Å²) in [4.78, 5) is 14.1. The number of carbonyl (C=O) groups is 1. The summed E-state index contributed by atoms with van der Waals surface area (Å²) in [5.41, 5.74) is 0.660. The van der Waals surface area contributed by atoms with E-state index in [-0.39, 0.29) is 11.6 Å². The average Bonchev–Trinajstić information content (AvgIpc) is 2.68. The fourth-order valence-corrected chi connectivity index (χ4v) is 1.13. The smallest absolute Gasteiger partial charge is 0.392 e. The van der Waals surface area contributed by atoms with Crippen LogP contribution in [-0.2, 0) is 0 Å². The number of carboxylic acids is 1. The molecule has 0 saturated heterocycles. The summed E-state index contributed by atoms with van der Waals surface area (Å²) in [6.45, 7) is 0. The first kappa shape index (κ1) is 9.26. The van der Waals surface area contributed by atoms with Crippen molar-refractivity contribution < 1.29 is 19.4 Å². The van der Waals surface area contributed by atoms with Gasteiger partial charge in [0, 0.05) is 5.56 Å². The first-order chi connectivity index (χ1) is 7.16. The van der Waals surface area contributed by atoms with Crippen LogP contribution in [0.5, 0.6) is 5.75 Å². The van der Waals surface area contributed by atoms with Gasteiger partial charge in [0.1, 0.15) is 5.75 Å². The Morgan fingerprint density at radius 3 is 2.47 bits per heavy atom. The molecule has 0 atom stereocenters. The lowest BCUT2D eigenvalue weighted by Crippen LogP contribution is -1.94. The van der Waals surface area contributed by atoms with Crippen molar-refractivity contribution in [3.8, 4) is 17.1 Å². The Bertz CT molecular complexity index is 486. The van der Waals surface area contributed by atoms with Gasteiger partial charge in [-0.15, -0.1) is 0 Å². The molecule has 5 heteroatoms. The fraction of sp³-hybridized carbons (Fsp3) is 0.